The van der Waals surface area contributed by atoms with Gasteiger partial charge in [0.2, 0.25) is 5.91 Å². The third kappa shape index (κ3) is 43.7. The van der Waals surface area contributed by atoms with E-state index < -0.39 is 18.2 Å². The zero-order valence-corrected chi connectivity index (χ0v) is 40.0. The van der Waals surface area contributed by atoms with Crippen molar-refractivity contribution in [3.8, 4) is 0 Å². The summed E-state index contributed by atoms with van der Waals surface area (Å²) in [7, 11) is 0. The molecule has 0 spiro atoms. The van der Waals surface area contributed by atoms with Crippen LogP contribution in [0.1, 0.15) is 239 Å². The van der Waals surface area contributed by atoms with Crippen LogP contribution in [0.2, 0.25) is 0 Å². The predicted octanol–water partition coefficient (Wildman–Crippen LogP) is 15.4. The van der Waals surface area contributed by atoms with Crippen molar-refractivity contribution < 1.29 is 24.5 Å². The Morgan fingerprint density at radius 1 is 0.492 bits per heavy atom. The molecule has 0 fully saturated rings. The first kappa shape index (κ1) is 58.3. The molecule has 0 bridgehead atoms. The molecule has 3 unspecified atom stereocenters. The molecule has 1 amide bonds. The number of carbonyl (C=O) groups is 2. The number of carbonyl (C=O) groups excluding carboxylic acids is 2. The Hall–Kier alpha value is -2.70. The molecular weight excluding hydrogens is 755 g/mol. The van der Waals surface area contributed by atoms with Crippen LogP contribution in [0, 0.1) is 0 Å². The van der Waals surface area contributed by atoms with Crippen molar-refractivity contribution in [2.75, 3.05) is 6.61 Å². The molecule has 6 nitrogen and oxygen atoms in total. The molecule has 6 heteroatoms. The van der Waals surface area contributed by atoms with Gasteiger partial charge in [-0.15, -0.1) is 0 Å². The molecule has 352 valence electrons. The van der Waals surface area contributed by atoms with E-state index in [0.717, 1.165) is 64.2 Å². The standard InChI is InChI=1S/C55H97NO5/c1-4-7-10-13-16-19-22-25-26-27-30-33-36-39-42-45-48-55(60)61-51(46-43-40-37-34-31-28-23-20-17-14-11-8-5-2)49-54(59)56-52(50-57)53(58)47-44-41-38-35-32-29-24-21-18-15-12-9-6-3/h8,11,14,17,20,23,26-28,31,34,37,51-53,57-58H,4-7,9-10,12-13,15-16,18-19,21-22,24-25,29-30,32-33,35-36,38-50H2,1-3H3,(H,56,59)/b11-8+,17-14+,23-20-,27-26+,31-28-,37-34+. The molecule has 0 aliphatic heterocycles. The lowest BCUT2D eigenvalue weighted by Gasteiger charge is -2.24. The fourth-order valence-electron chi connectivity index (χ4n) is 7.51. The Kier molecular flexibility index (Phi) is 46.2. The predicted molar refractivity (Wildman–Crippen MR) is 264 cm³/mol. The quantitative estimate of drug-likeness (QED) is 0.0245. The van der Waals surface area contributed by atoms with Crippen LogP contribution < -0.4 is 5.32 Å². The fourth-order valence-corrected chi connectivity index (χ4v) is 7.51. The summed E-state index contributed by atoms with van der Waals surface area (Å²) in [5.41, 5.74) is 0. The summed E-state index contributed by atoms with van der Waals surface area (Å²) < 4.78 is 5.89. The van der Waals surface area contributed by atoms with Crippen LogP contribution in [-0.4, -0.2) is 46.9 Å². The molecule has 0 aromatic carbocycles. The highest BCUT2D eigenvalue weighted by Gasteiger charge is 2.24. The molecule has 0 aromatic rings. The highest BCUT2D eigenvalue weighted by Crippen LogP contribution is 2.17. The van der Waals surface area contributed by atoms with Crippen molar-refractivity contribution in [2.45, 2.75) is 257 Å². The van der Waals surface area contributed by atoms with E-state index in [-0.39, 0.29) is 24.9 Å². The molecule has 61 heavy (non-hydrogen) atoms. The number of unbranched alkanes of at least 4 members (excludes halogenated alkanes) is 25. The van der Waals surface area contributed by atoms with E-state index in [1.54, 1.807) is 0 Å². The van der Waals surface area contributed by atoms with Gasteiger partial charge in [0.15, 0.2) is 0 Å². The van der Waals surface area contributed by atoms with E-state index in [9.17, 15) is 19.8 Å². The van der Waals surface area contributed by atoms with Crippen LogP contribution >= 0.6 is 0 Å². The number of hydrogen-bond donors (Lipinski definition) is 3. The van der Waals surface area contributed by atoms with E-state index in [4.69, 9.17) is 4.74 Å². The maximum atomic E-state index is 13.2. The van der Waals surface area contributed by atoms with Crippen molar-refractivity contribution in [2.24, 2.45) is 0 Å². The molecule has 0 radical (unpaired) electrons. The van der Waals surface area contributed by atoms with Gasteiger partial charge in [-0.3, -0.25) is 9.59 Å². The van der Waals surface area contributed by atoms with Gasteiger partial charge in [0, 0.05) is 6.42 Å². The highest BCUT2D eigenvalue weighted by atomic mass is 16.5. The van der Waals surface area contributed by atoms with Gasteiger partial charge in [0.1, 0.15) is 6.10 Å². The van der Waals surface area contributed by atoms with Gasteiger partial charge in [-0.1, -0.05) is 235 Å². The summed E-state index contributed by atoms with van der Waals surface area (Å²) in [6.45, 7) is 6.31. The third-order valence-electron chi connectivity index (χ3n) is 11.4. The lowest BCUT2D eigenvalue weighted by molar-refractivity contribution is -0.151. The Labute approximate surface area is 377 Å². The monoisotopic (exact) mass is 852 g/mol. The SMILES string of the molecule is CC/C=C/C=C/C=C\C=C/C=C/CCCC(CC(=O)NC(CO)C(O)CCCCCCCCCCCCCCC)OC(=O)CCCCCCC/C=C/CCCCCCCCC. The zero-order valence-electron chi connectivity index (χ0n) is 40.0. The number of ether oxygens (including phenoxy) is 1. The van der Waals surface area contributed by atoms with Gasteiger partial charge in [-0.05, 0) is 64.2 Å². The van der Waals surface area contributed by atoms with Crippen LogP contribution in [-0.2, 0) is 14.3 Å². The zero-order chi connectivity index (χ0) is 44.5. The van der Waals surface area contributed by atoms with Gasteiger partial charge in [-0.25, -0.2) is 0 Å². The summed E-state index contributed by atoms with van der Waals surface area (Å²) in [6, 6.07) is -0.728. The molecule has 0 aromatic heterocycles. The molecule has 0 aliphatic carbocycles. The number of amides is 1. The van der Waals surface area contributed by atoms with Crippen LogP contribution in [0.3, 0.4) is 0 Å². The molecule has 0 rings (SSSR count). The molecule has 0 aliphatic rings. The van der Waals surface area contributed by atoms with Gasteiger partial charge in [0.05, 0.1) is 25.2 Å². The van der Waals surface area contributed by atoms with Crippen molar-refractivity contribution in [3.05, 3.63) is 72.9 Å². The fraction of sp³-hybridized carbons (Fsp3) is 0.745. The number of hydrogen-bond acceptors (Lipinski definition) is 5. The second-order valence-electron chi connectivity index (χ2n) is 17.3. The van der Waals surface area contributed by atoms with E-state index in [2.05, 4.69) is 50.4 Å². The van der Waals surface area contributed by atoms with Crippen molar-refractivity contribution >= 4 is 11.9 Å². The summed E-state index contributed by atoms with van der Waals surface area (Å²) in [4.78, 5) is 26.1. The Bertz CT molecular complexity index is 1140. The van der Waals surface area contributed by atoms with Crippen LogP contribution in [0.25, 0.3) is 0 Å². The largest absolute Gasteiger partial charge is 0.462 e. The molecule has 0 heterocycles. The topological polar surface area (TPSA) is 95.9 Å². The maximum Gasteiger partial charge on any atom is 0.306 e. The first-order chi connectivity index (χ1) is 30.0. The third-order valence-corrected chi connectivity index (χ3v) is 11.4. The van der Waals surface area contributed by atoms with Crippen molar-refractivity contribution in [1.29, 1.82) is 0 Å². The number of rotatable bonds is 45. The first-order valence-electron chi connectivity index (χ1n) is 25.7. The van der Waals surface area contributed by atoms with Gasteiger partial charge >= 0.3 is 5.97 Å². The molecule has 0 saturated heterocycles. The minimum absolute atomic E-state index is 0.0234. The number of allylic oxidation sites excluding steroid dienone is 12. The summed E-state index contributed by atoms with van der Waals surface area (Å²) in [5.74, 6) is -0.557. The minimum atomic E-state index is -0.810. The van der Waals surface area contributed by atoms with E-state index in [1.165, 1.54) is 128 Å². The van der Waals surface area contributed by atoms with Crippen LogP contribution in [0.5, 0.6) is 0 Å². The molecular formula is C55H97NO5. The van der Waals surface area contributed by atoms with Crippen LogP contribution in [0.15, 0.2) is 72.9 Å². The minimum Gasteiger partial charge on any atom is -0.462 e. The van der Waals surface area contributed by atoms with E-state index in [1.807, 2.05) is 48.6 Å². The van der Waals surface area contributed by atoms with Gasteiger partial charge in [0.25, 0.3) is 0 Å². The van der Waals surface area contributed by atoms with Gasteiger partial charge in [-0.2, -0.15) is 0 Å². The Morgan fingerprint density at radius 2 is 0.918 bits per heavy atom. The first-order valence-corrected chi connectivity index (χ1v) is 25.7. The Balaban J connectivity index is 4.68. The second kappa shape index (κ2) is 48.3. The average molecular weight is 852 g/mol. The number of aliphatic hydroxyl groups excluding tert-OH is 2. The summed E-state index contributed by atoms with van der Waals surface area (Å²) in [6.07, 6.45) is 61.1. The van der Waals surface area contributed by atoms with Crippen molar-refractivity contribution in [1.82, 2.24) is 5.32 Å². The summed E-state index contributed by atoms with van der Waals surface area (Å²) in [5, 5.41) is 23.7. The maximum absolute atomic E-state index is 13.2. The number of nitrogens with one attached hydrogen (secondary N) is 1. The molecule has 3 N–H and O–H groups in total. The lowest BCUT2D eigenvalue weighted by atomic mass is 10.0. The van der Waals surface area contributed by atoms with E-state index in [0.29, 0.717) is 19.3 Å². The van der Waals surface area contributed by atoms with E-state index >= 15 is 0 Å². The number of esters is 1. The van der Waals surface area contributed by atoms with Crippen molar-refractivity contribution in [3.63, 3.8) is 0 Å². The highest BCUT2D eigenvalue weighted by molar-refractivity contribution is 5.77. The summed E-state index contributed by atoms with van der Waals surface area (Å²) >= 11 is 0. The second-order valence-corrected chi connectivity index (χ2v) is 17.3. The smallest absolute Gasteiger partial charge is 0.306 e. The van der Waals surface area contributed by atoms with Gasteiger partial charge < -0.3 is 20.3 Å². The molecule has 3 atom stereocenters. The Morgan fingerprint density at radius 3 is 1.41 bits per heavy atom. The van der Waals surface area contributed by atoms with Crippen LogP contribution in [0.4, 0.5) is 0 Å². The number of aliphatic hydroxyl groups is 2. The molecule has 0 saturated carbocycles. The lowest BCUT2D eigenvalue weighted by Crippen LogP contribution is -2.46. The normalized spacial score (nSPS) is 13.9. The average Bonchev–Trinajstić information content (AvgIpc) is 3.25.